The summed E-state index contributed by atoms with van der Waals surface area (Å²) in [4.78, 5) is 25.3. The molecule has 0 radical (unpaired) electrons. The second kappa shape index (κ2) is 6.36. The van der Waals surface area contributed by atoms with Crippen LogP contribution in [0, 0.1) is 5.41 Å². The van der Waals surface area contributed by atoms with Gasteiger partial charge < -0.3 is 14.9 Å². The van der Waals surface area contributed by atoms with Crippen LogP contribution in [0.25, 0.3) is 0 Å². The zero-order chi connectivity index (χ0) is 16.3. The first-order valence-corrected chi connectivity index (χ1v) is 6.57. The molecular weight excluding hydrogens is 289 g/mol. The first kappa shape index (κ1) is 17.3. The quantitative estimate of drug-likeness (QED) is 0.626. The van der Waals surface area contributed by atoms with E-state index in [1.807, 2.05) is 0 Å². The molecule has 1 fully saturated rings. The van der Waals surface area contributed by atoms with Crippen LogP contribution in [-0.4, -0.2) is 59.8 Å². The lowest BCUT2D eigenvalue weighted by atomic mass is 9.86. The summed E-state index contributed by atoms with van der Waals surface area (Å²) in [6, 6.07) is -0.577. The summed E-state index contributed by atoms with van der Waals surface area (Å²) < 4.78 is 39.0. The van der Waals surface area contributed by atoms with Gasteiger partial charge in [-0.1, -0.05) is 6.08 Å². The zero-order valence-electron chi connectivity index (χ0n) is 11.8. The van der Waals surface area contributed by atoms with Gasteiger partial charge >= 0.3 is 18.2 Å². The SMILES string of the molecule is C=CCCCN(C)C(=O)N1CCC(C(=O)O)(C(F)(F)F)C1. The van der Waals surface area contributed by atoms with E-state index in [9.17, 15) is 22.8 Å². The van der Waals surface area contributed by atoms with Crippen molar-refractivity contribution in [2.45, 2.75) is 25.4 Å². The van der Waals surface area contributed by atoms with Gasteiger partial charge in [-0.05, 0) is 19.3 Å². The van der Waals surface area contributed by atoms with Crippen molar-refractivity contribution in [2.24, 2.45) is 5.41 Å². The average Bonchev–Trinajstić information content (AvgIpc) is 2.83. The maximum Gasteiger partial charge on any atom is 0.406 e. The van der Waals surface area contributed by atoms with Gasteiger partial charge in [0.25, 0.3) is 0 Å². The van der Waals surface area contributed by atoms with E-state index in [1.54, 1.807) is 6.08 Å². The van der Waals surface area contributed by atoms with Gasteiger partial charge in [0.1, 0.15) is 0 Å². The van der Waals surface area contributed by atoms with E-state index >= 15 is 0 Å². The predicted molar refractivity (Wildman–Crippen MR) is 69.8 cm³/mol. The van der Waals surface area contributed by atoms with Crippen LogP contribution in [0.2, 0.25) is 0 Å². The van der Waals surface area contributed by atoms with Crippen LogP contribution in [0.4, 0.5) is 18.0 Å². The van der Waals surface area contributed by atoms with Gasteiger partial charge in [0.05, 0.1) is 0 Å². The third-order valence-electron chi connectivity index (χ3n) is 3.72. The molecule has 1 aliphatic rings. The standard InChI is InChI=1S/C13H19F3N2O3/c1-3-4-5-7-17(2)11(21)18-8-6-12(9-18,10(19)20)13(14,15)16/h3H,1,4-9H2,2H3,(H,19,20). The lowest BCUT2D eigenvalue weighted by molar-refractivity contribution is -0.227. The minimum absolute atomic E-state index is 0.212. The fourth-order valence-electron chi connectivity index (χ4n) is 2.31. The van der Waals surface area contributed by atoms with Crippen LogP contribution in [0.5, 0.6) is 0 Å². The summed E-state index contributed by atoms with van der Waals surface area (Å²) in [6.07, 6.45) is -2.46. The van der Waals surface area contributed by atoms with Crippen LogP contribution in [0.1, 0.15) is 19.3 Å². The number of allylic oxidation sites excluding steroid dienone is 1. The molecule has 0 aromatic rings. The molecule has 1 rings (SSSR count). The summed E-state index contributed by atoms with van der Waals surface area (Å²) in [7, 11) is 1.49. The van der Waals surface area contributed by atoms with Gasteiger partial charge in [-0.3, -0.25) is 4.79 Å². The Kier molecular flexibility index (Phi) is 5.25. The first-order chi connectivity index (χ1) is 9.65. The molecule has 8 heteroatoms. The van der Waals surface area contributed by atoms with Crippen LogP contribution in [-0.2, 0) is 4.79 Å². The molecule has 0 aliphatic carbocycles. The molecule has 2 amide bonds. The van der Waals surface area contributed by atoms with Crippen LogP contribution < -0.4 is 0 Å². The summed E-state index contributed by atoms with van der Waals surface area (Å²) >= 11 is 0. The number of aliphatic carboxylic acids is 1. The molecule has 5 nitrogen and oxygen atoms in total. The monoisotopic (exact) mass is 308 g/mol. The fraction of sp³-hybridized carbons (Fsp3) is 0.692. The Bertz CT molecular complexity index is 425. The number of rotatable bonds is 5. The highest BCUT2D eigenvalue weighted by Crippen LogP contribution is 2.45. The van der Waals surface area contributed by atoms with Crippen molar-refractivity contribution in [3.05, 3.63) is 12.7 Å². The molecule has 1 heterocycles. The highest BCUT2D eigenvalue weighted by Gasteiger charge is 2.64. The Morgan fingerprint density at radius 1 is 1.48 bits per heavy atom. The van der Waals surface area contributed by atoms with Crippen molar-refractivity contribution in [1.29, 1.82) is 0 Å². The van der Waals surface area contributed by atoms with Gasteiger partial charge in [-0.15, -0.1) is 6.58 Å². The summed E-state index contributed by atoms with van der Waals surface area (Å²) in [5, 5.41) is 8.93. The number of carboxylic acid groups (broad SMARTS) is 1. The topological polar surface area (TPSA) is 60.9 Å². The summed E-state index contributed by atoms with van der Waals surface area (Å²) in [6.45, 7) is 2.87. The van der Waals surface area contributed by atoms with Crippen molar-refractivity contribution in [2.75, 3.05) is 26.7 Å². The number of hydrogen-bond donors (Lipinski definition) is 1. The number of carboxylic acids is 1. The van der Waals surface area contributed by atoms with Gasteiger partial charge in [-0.2, -0.15) is 13.2 Å². The Balaban J connectivity index is 2.74. The number of halogens is 3. The second-order valence-corrected chi connectivity index (χ2v) is 5.19. The molecule has 0 bridgehead atoms. The molecule has 0 aromatic carbocycles. The van der Waals surface area contributed by atoms with Gasteiger partial charge in [-0.25, -0.2) is 4.79 Å². The van der Waals surface area contributed by atoms with Crippen molar-refractivity contribution < 1.29 is 27.9 Å². The van der Waals surface area contributed by atoms with E-state index < -0.39 is 36.6 Å². The molecular formula is C13H19F3N2O3. The van der Waals surface area contributed by atoms with Crippen LogP contribution in [0.3, 0.4) is 0 Å². The van der Waals surface area contributed by atoms with E-state index in [-0.39, 0.29) is 6.54 Å². The Morgan fingerprint density at radius 3 is 2.52 bits per heavy atom. The average molecular weight is 308 g/mol. The van der Waals surface area contributed by atoms with E-state index in [4.69, 9.17) is 5.11 Å². The van der Waals surface area contributed by atoms with Crippen molar-refractivity contribution in [3.8, 4) is 0 Å². The first-order valence-electron chi connectivity index (χ1n) is 6.57. The number of carbonyl (C=O) groups excluding carboxylic acids is 1. The molecule has 21 heavy (non-hydrogen) atoms. The largest absolute Gasteiger partial charge is 0.481 e. The number of urea groups is 1. The third kappa shape index (κ3) is 3.48. The highest BCUT2D eigenvalue weighted by atomic mass is 19.4. The number of likely N-dealkylation sites (tertiary alicyclic amines) is 1. The van der Waals surface area contributed by atoms with Gasteiger partial charge in [0, 0.05) is 26.7 Å². The normalized spacial score (nSPS) is 22.2. The summed E-state index contributed by atoms with van der Waals surface area (Å²) in [5.41, 5.74) is -2.86. The van der Waals surface area contributed by atoms with Gasteiger partial charge in [0.15, 0.2) is 5.41 Å². The molecule has 0 spiro atoms. The van der Waals surface area contributed by atoms with E-state index in [0.29, 0.717) is 19.4 Å². The lowest BCUT2D eigenvalue weighted by Crippen LogP contribution is -2.49. The van der Waals surface area contributed by atoms with E-state index in [2.05, 4.69) is 6.58 Å². The van der Waals surface area contributed by atoms with Crippen molar-refractivity contribution >= 4 is 12.0 Å². The lowest BCUT2D eigenvalue weighted by Gasteiger charge is -2.29. The number of carbonyl (C=O) groups is 2. The number of amides is 2. The smallest absolute Gasteiger partial charge is 0.406 e. The van der Waals surface area contributed by atoms with E-state index in [0.717, 1.165) is 4.90 Å². The van der Waals surface area contributed by atoms with Crippen molar-refractivity contribution in [3.63, 3.8) is 0 Å². The molecule has 1 N–H and O–H groups in total. The van der Waals surface area contributed by atoms with Gasteiger partial charge in [0.2, 0.25) is 0 Å². The van der Waals surface area contributed by atoms with Crippen LogP contribution in [0.15, 0.2) is 12.7 Å². The Hall–Kier alpha value is -1.73. The molecule has 1 saturated heterocycles. The maximum atomic E-state index is 13.0. The number of unbranched alkanes of at least 4 members (excludes halogenated alkanes) is 1. The second-order valence-electron chi connectivity index (χ2n) is 5.19. The third-order valence-corrected chi connectivity index (χ3v) is 3.72. The Morgan fingerprint density at radius 2 is 2.10 bits per heavy atom. The molecule has 1 unspecified atom stereocenters. The molecule has 1 aliphatic heterocycles. The fourth-order valence-corrected chi connectivity index (χ4v) is 2.31. The molecule has 1 atom stereocenters. The van der Waals surface area contributed by atoms with E-state index in [1.165, 1.54) is 11.9 Å². The summed E-state index contributed by atoms with van der Waals surface area (Å²) in [5.74, 6) is -1.93. The minimum atomic E-state index is -4.88. The maximum absolute atomic E-state index is 13.0. The van der Waals surface area contributed by atoms with Crippen molar-refractivity contribution in [1.82, 2.24) is 9.80 Å². The molecule has 0 saturated carbocycles. The molecule has 120 valence electrons. The number of hydrogen-bond acceptors (Lipinski definition) is 2. The Labute approximate surface area is 121 Å². The molecule has 0 aromatic heterocycles. The predicted octanol–water partition coefficient (Wildman–Crippen LogP) is 2.34. The zero-order valence-corrected chi connectivity index (χ0v) is 11.8. The number of alkyl halides is 3. The minimum Gasteiger partial charge on any atom is -0.481 e. The number of nitrogens with zero attached hydrogens (tertiary/aromatic N) is 2. The highest BCUT2D eigenvalue weighted by molar-refractivity contribution is 5.80. The van der Waals surface area contributed by atoms with Crippen LogP contribution >= 0.6 is 0 Å².